The Bertz CT molecular complexity index is 1030. The van der Waals surface area contributed by atoms with Crippen LogP contribution in [-0.4, -0.2) is 40.1 Å². The van der Waals surface area contributed by atoms with Gasteiger partial charge >= 0.3 is 6.36 Å². The second-order valence-electron chi connectivity index (χ2n) is 8.09. The van der Waals surface area contributed by atoms with Crippen LogP contribution in [0.1, 0.15) is 39.2 Å². The van der Waals surface area contributed by atoms with Gasteiger partial charge in [-0.3, -0.25) is 0 Å². The molecule has 0 aliphatic heterocycles. The van der Waals surface area contributed by atoms with Crippen LogP contribution in [0.4, 0.5) is 24.9 Å². The highest BCUT2D eigenvalue weighted by Crippen LogP contribution is 2.42. The first-order chi connectivity index (χ1) is 15.4. The third-order valence-electron chi connectivity index (χ3n) is 5.47. The number of ether oxygens (including phenoxy) is 1. The molecule has 0 spiro atoms. The highest BCUT2D eigenvalue weighted by molar-refractivity contribution is 5.54. The molecule has 1 saturated carbocycles. The molecule has 1 fully saturated rings. The molecule has 2 atom stereocenters. The Hall–Kier alpha value is -3.57. The third-order valence-corrected chi connectivity index (χ3v) is 5.47. The number of aromatic nitrogens is 2. The van der Waals surface area contributed by atoms with Crippen LogP contribution in [0.3, 0.4) is 0 Å². The predicted molar refractivity (Wildman–Crippen MR) is 115 cm³/mol. The zero-order valence-corrected chi connectivity index (χ0v) is 18.5. The first-order valence-corrected chi connectivity index (χ1v) is 10.1. The lowest BCUT2D eigenvalue weighted by Gasteiger charge is -2.49. The average molecular weight is 462 g/mol. The number of aliphatic hydroxyl groups excluding tert-OH is 1. The molecule has 11 heteroatoms. The van der Waals surface area contributed by atoms with E-state index in [2.05, 4.69) is 31.9 Å². The number of nitriles is 2. The number of anilines is 2. The van der Waals surface area contributed by atoms with Crippen molar-refractivity contribution in [2.75, 3.05) is 17.2 Å². The molecule has 8 nitrogen and oxygen atoms in total. The number of nitrogens with one attached hydrogen (secondary N) is 2. The summed E-state index contributed by atoms with van der Waals surface area (Å²) in [5.41, 5.74) is 0.0408. The molecule has 0 unspecified atom stereocenters. The third kappa shape index (κ3) is 6.70. The quantitative estimate of drug-likeness (QED) is 0.284. The van der Waals surface area contributed by atoms with Gasteiger partial charge in [-0.25, -0.2) is 4.98 Å². The maximum Gasteiger partial charge on any atom is 0.573 e. The highest BCUT2D eigenvalue weighted by atomic mass is 19.4. The zero-order valence-electron chi connectivity index (χ0n) is 18.5. The van der Waals surface area contributed by atoms with E-state index in [-0.39, 0.29) is 41.5 Å². The summed E-state index contributed by atoms with van der Waals surface area (Å²) >= 11 is 0. The minimum absolute atomic E-state index is 0.0696. The van der Waals surface area contributed by atoms with Crippen molar-refractivity contribution in [2.45, 2.75) is 52.1 Å². The number of halogens is 3. The van der Waals surface area contributed by atoms with Crippen LogP contribution in [-0.2, 0) is 4.74 Å². The Kier molecular flexibility index (Phi) is 8.07. The summed E-state index contributed by atoms with van der Waals surface area (Å²) in [6, 6.07) is 3.59. The number of nitrogens with zero attached hydrogens (tertiary/aromatic N) is 4. The zero-order chi connectivity index (χ0) is 24.8. The average Bonchev–Trinajstić information content (AvgIpc) is 2.76. The molecular formula is C22H25F3N6O2. The molecule has 0 amide bonds. The van der Waals surface area contributed by atoms with Crippen molar-refractivity contribution >= 4 is 11.8 Å². The van der Waals surface area contributed by atoms with Gasteiger partial charge in [-0.1, -0.05) is 26.5 Å². The Morgan fingerprint density at radius 3 is 2.64 bits per heavy atom. The Balaban J connectivity index is 2.09. The summed E-state index contributed by atoms with van der Waals surface area (Å²) in [4.78, 5) is 8.40. The van der Waals surface area contributed by atoms with E-state index in [0.29, 0.717) is 17.8 Å². The van der Waals surface area contributed by atoms with Gasteiger partial charge in [0.15, 0.2) is 0 Å². The normalized spacial score (nSPS) is 20.5. The van der Waals surface area contributed by atoms with E-state index in [4.69, 9.17) is 5.26 Å². The monoisotopic (exact) mass is 462 g/mol. The van der Waals surface area contributed by atoms with E-state index < -0.39 is 18.2 Å². The van der Waals surface area contributed by atoms with E-state index in [1.807, 2.05) is 19.9 Å². The Morgan fingerprint density at radius 1 is 1.42 bits per heavy atom. The molecule has 1 aromatic heterocycles. The van der Waals surface area contributed by atoms with Gasteiger partial charge in [0.25, 0.3) is 0 Å². The topological polar surface area (TPSA) is 127 Å². The number of alkyl halides is 3. The van der Waals surface area contributed by atoms with Crippen molar-refractivity contribution in [2.24, 2.45) is 5.41 Å². The molecule has 0 bridgehead atoms. The molecule has 1 aliphatic carbocycles. The SMILES string of the molecule is C=C/C(=C\C(OC(F)(F)F)=C(/C)C#N)CCNc1ncc(C#N)c(N[C@@H]2C[C@H](O)C2(C)C)n1. The second kappa shape index (κ2) is 10.4. The van der Waals surface area contributed by atoms with Crippen LogP contribution in [0.15, 0.2) is 41.8 Å². The van der Waals surface area contributed by atoms with E-state index in [1.165, 1.54) is 19.2 Å². The number of rotatable bonds is 9. The molecule has 2 rings (SSSR count). The van der Waals surface area contributed by atoms with Crippen molar-refractivity contribution < 1.29 is 23.0 Å². The molecule has 0 radical (unpaired) electrons. The first kappa shape index (κ1) is 25.7. The second-order valence-corrected chi connectivity index (χ2v) is 8.09. The van der Waals surface area contributed by atoms with Crippen LogP contribution in [0.2, 0.25) is 0 Å². The van der Waals surface area contributed by atoms with Crippen molar-refractivity contribution in [1.29, 1.82) is 10.5 Å². The fraction of sp³-hybridized carbons (Fsp3) is 0.455. The lowest BCUT2D eigenvalue weighted by Crippen LogP contribution is -2.57. The fourth-order valence-electron chi connectivity index (χ4n) is 3.09. The summed E-state index contributed by atoms with van der Waals surface area (Å²) in [7, 11) is 0. The van der Waals surface area contributed by atoms with Crippen molar-refractivity contribution in [3.63, 3.8) is 0 Å². The molecular weight excluding hydrogens is 437 g/mol. The van der Waals surface area contributed by atoms with Gasteiger partial charge in [0.2, 0.25) is 5.95 Å². The summed E-state index contributed by atoms with van der Waals surface area (Å²) in [5.74, 6) is -0.0627. The van der Waals surface area contributed by atoms with Crippen molar-refractivity contribution in [3.8, 4) is 12.1 Å². The Labute approximate surface area is 190 Å². The lowest BCUT2D eigenvalue weighted by atomic mass is 9.64. The maximum absolute atomic E-state index is 12.6. The van der Waals surface area contributed by atoms with Crippen molar-refractivity contribution in [1.82, 2.24) is 9.97 Å². The van der Waals surface area contributed by atoms with Crippen LogP contribution in [0, 0.1) is 28.1 Å². The summed E-state index contributed by atoms with van der Waals surface area (Å²) < 4.78 is 41.8. The van der Waals surface area contributed by atoms with Crippen LogP contribution >= 0.6 is 0 Å². The summed E-state index contributed by atoms with van der Waals surface area (Å²) in [6.45, 7) is 8.87. The van der Waals surface area contributed by atoms with Gasteiger partial charge in [-0.15, -0.1) is 13.2 Å². The minimum atomic E-state index is -4.93. The van der Waals surface area contributed by atoms with Gasteiger partial charge in [-0.05, 0) is 31.4 Å². The van der Waals surface area contributed by atoms with Gasteiger partial charge < -0.3 is 20.5 Å². The molecule has 0 saturated heterocycles. The van der Waals surface area contributed by atoms with E-state index in [9.17, 15) is 23.5 Å². The van der Waals surface area contributed by atoms with E-state index in [1.54, 1.807) is 6.07 Å². The fourth-order valence-corrected chi connectivity index (χ4v) is 3.09. The minimum Gasteiger partial charge on any atom is -0.405 e. The van der Waals surface area contributed by atoms with Gasteiger partial charge in [0.1, 0.15) is 23.2 Å². The molecule has 33 heavy (non-hydrogen) atoms. The summed E-state index contributed by atoms with van der Waals surface area (Å²) in [5, 5.41) is 34.3. The number of hydrogen-bond acceptors (Lipinski definition) is 8. The smallest absolute Gasteiger partial charge is 0.405 e. The van der Waals surface area contributed by atoms with Crippen LogP contribution < -0.4 is 10.6 Å². The molecule has 1 aliphatic rings. The van der Waals surface area contributed by atoms with Gasteiger partial charge in [-0.2, -0.15) is 15.5 Å². The van der Waals surface area contributed by atoms with Crippen molar-refractivity contribution in [3.05, 3.63) is 47.4 Å². The Morgan fingerprint density at radius 2 is 2.12 bits per heavy atom. The maximum atomic E-state index is 12.6. The van der Waals surface area contributed by atoms with E-state index >= 15 is 0 Å². The van der Waals surface area contributed by atoms with Gasteiger partial charge in [0, 0.05) is 18.0 Å². The van der Waals surface area contributed by atoms with Crippen LogP contribution in [0.25, 0.3) is 0 Å². The van der Waals surface area contributed by atoms with Crippen LogP contribution in [0.5, 0.6) is 0 Å². The highest BCUT2D eigenvalue weighted by Gasteiger charge is 2.47. The van der Waals surface area contributed by atoms with Gasteiger partial charge in [0.05, 0.1) is 23.9 Å². The summed E-state index contributed by atoms with van der Waals surface area (Å²) in [6.07, 6.45) is -0.789. The first-order valence-electron chi connectivity index (χ1n) is 10.1. The molecule has 1 aromatic rings. The number of hydrogen-bond donors (Lipinski definition) is 3. The standard InChI is InChI=1S/C22H25F3N6O2/c1-5-14(8-16(13(2)10-26)33-22(23,24)25)6-7-28-20-29-12-15(11-27)19(31-20)30-17-9-18(32)21(17,3)4/h5,8,12,17-18,32H,1,6-7,9H2,2-4H3,(H2,28,29,30,31)/b14-8+,16-13-/t17-,18+/m1/s1. The lowest BCUT2D eigenvalue weighted by molar-refractivity contribution is -0.303. The number of aliphatic hydroxyl groups is 1. The van der Waals surface area contributed by atoms with E-state index in [0.717, 1.165) is 6.08 Å². The molecule has 0 aromatic carbocycles. The number of allylic oxidation sites excluding steroid dienone is 3. The molecule has 1 heterocycles. The largest absolute Gasteiger partial charge is 0.573 e. The molecule has 176 valence electrons. The molecule has 3 N–H and O–H groups in total. The predicted octanol–water partition coefficient (Wildman–Crippen LogP) is 4.17.